The van der Waals surface area contributed by atoms with E-state index in [0.29, 0.717) is 0 Å². The van der Waals surface area contributed by atoms with Crippen molar-refractivity contribution in [3.63, 3.8) is 0 Å². The van der Waals surface area contributed by atoms with E-state index >= 15 is 0 Å². The second kappa shape index (κ2) is 6.57. The lowest BCUT2D eigenvalue weighted by Crippen LogP contribution is -2.20. The maximum Gasteiger partial charge on any atom is 0.0726 e. The fourth-order valence-corrected chi connectivity index (χ4v) is 2.64. The molecule has 0 unspecified atom stereocenters. The molecule has 3 heteroatoms. The van der Waals surface area contributed by atoms with Gasteiger partial charge in [0.05, 0.1) is 13.3 Å². The molecule has 0 saturated carbocycles. The summed E-state index contributed by atoms with van der Waals surface area (Å²) >= 11 is 0. The first-order valence-corrected chi connectivity index (χ1v) is 7.31. The van der Waals surface area contributed by atoms with Crippen molar-refractivity contribution in [2.24, 2.45) is 0 Å². The van der Waals surface area contributed by atoms with Crippen molar-refractivity contribution in [3.05, 3.63) is 71.9 Å². The number of benzene rings is 2. The molecule has 0 aliphatic carbocycles. The van der Waals surface area contributed by atoms with Gasteiger partial charge < -0.3 is 9.67 Å². The van der Waals surface area contributed by atoms with Crippen LogP contribution in [-0.2, 0) is 19.7 Å². The van der Waals surface area contributed by atoms with Gasteiger partial charge in [0.2, 0.25) is 0 Å². The molecule has 108 valence electrons. The van der Waals surface area contributed by atoms with Gasteiger partial charge in [-0.15, -0.1) is 0 Å². The standard InChI is InChI=1S/C18H20N2O/c21-13-16-7-4-8-18-17(16)10-12-20(18)14-19-11-9-15-5-2-1-3-6-15/h1-8,10,12,19,21H,9,11,13-14H2. The van der Waals surface area contributed by atoms with Crippen molar-refractivity contribution in [1.29, 1.82) is 0 Å². The van der Waals surface area contributed by atoms with Crippen LogP contribution < -0.4 is 5.32 Å². The van der Waals surface area contributed by atoms with Gasteiger partial charge in [0.25, 0.3) is 0 Å². The van der Waals surface area contributed by atoms with Gasteiger partial charge in [-0.1, -0.05) is 42.5 Å². The van der Waals surface area contributed by atoms with Gasteiger partial charge in [-0.05, 0) is 29.7 Å². The number of fused-ring (bicyclic) bond motifs is 1. The second-order valence-electron chi connectivity index (χ2n) is 5.19. The maximum atomic E-state index is 9.36. The predicted molar refractivity (Wildman–Crippen MR) is 86.0 cm³/mol. The Hall–Kier alpha value is -2.10. The van der Waals surface area contributed by atoms with Crippen molar-refractivity contribution in [2.45, 2.75) is 19.7 Å². The van der Waals surface area contributed by atoms with E-state index in [1.54, 1.807) is 0 Å². The van der Waals surface area contributed by atoms with Crippen LogP contribution in [-0.4, -0.2) is 16.2 Å². The Bertz CT molecular complexity index is 704. The SMILES string of the molecule is OCc1cccc2c1ccn2CNCCc1ccccc1. The van der Waals surface area contributed by atoms with Gasteiger partial charge in [-0.2, -0.15) is 0 Å². The topological polar surface area (TPSA) is 37.2 Å². The number of hydrogen-bond donors (Lipinski definition) is 2. The average molecular weight is 280 g/mol. The number of aliphatic hydroxyl groups excluding tert-OH is 1. The van der Waals surface area contributed by atoms with Crippen LogP contribution in [0, 0.1) is 0 Å². The second-order valence-corrected chi connectivity index (χ2v) is 5.19. The lowest BCUT2D eigenvalue weighted by molar-refractivity contribution is 0.283. The average Bonchev–Trinajstić information content (AvgIpc) is 2.96. The molecule has 3 nitrogen and oxygen atoms in total. The number of nitrogens with zero attached hydrogens (tertiary/aromatic N) is 1. The summed E-state index contributed by atoms with van der Waals surface area (Å²) in [5, 5.41) is 14.0. The van der Waals surface area contributed by atoms with E-state index < -0.39 is 0 Å². The molecule has 3 aromatic rings. The van der Waals surface area contributed by atoms with E-state index in [4.69, 9.17) is 0 Å². The molecule has 2 N–H and O–H groups in total. The summed E-state index contributed by atoms with van der Waals surface area (Å²) in [6.45, 7) is 1.82. The summed E-state index contributed by atoms with van der Waals surface area (Å²) in [6, 6.07) is 18.6. The quantitative estimate of drug-likeness (QED) is 0.681. The Balaban J connectivity index is 1.61. The molecule has 21 heavy (non-hydrogen) atoms. The number of rotatable bonds is 6. The van der Waals surface area contributed by atoms with Crippen molar-refractivity contribution < 1.29 is 5.11 Å². The minimum Gasteiger partial charge on any atom is -0.392 e. The van der Waals surface area contributed by atoms with E-state index in [-0.39, 0.29) is 6.61 Å². The van der Waals surface area contributed by atoms with Crippen molar-refractivity contribution in [2.75, 3.05) is 6.54 Å². The van der Waals surface area contributed by atoms with Crippen LogP contribution in [0.1, 0.15) is 11.1 Å². The summed E-state index contributed by atoms with van der Waals surface area (Å²) < 4.78 is 2.18. The third kappa shape index (κ3) is 3.15. The summed E-state index contributed by atoms with van der Waals surface area (Å²) in [5.41, 5.74) is 3.49. The molecule has 1 aromatic heterocycles. The number of nitrogens with one attached hydrogen (secondary N) is 1. The molecule has 0 fully saturated rings. The highest BCUT2D eigenvalue weighted by Gasteiger charge is 2.04. The smallest absolute Gasteiger partial charge is 0.0726 e. The van der Waals surface area contributed by atoms with Gasteiger partial charge in [0.1, 0.15) is 0 Å². The molecule has 0 aliphatic heterocycles. The molecule has 0 spiro atoms. The Morgan fingerprint density at radius 3 is 2.62 bits per heavy atom. The fraction of sp³-hybridized carbons (Fsp3) is 0.222. The molecule has 3 rings (SSSR count). The normalized spacial score (nSPS) is 11.1. The van der Waals surface area contributed by atoms with Gasteiger partial charge in [-0.25, -0.2) is 0 Å². The van der Waals surface area contributed by atoms with Crippen LogP contribution in [0.2, 0.25) is 0 Å². The zero-order valence-electron chi connectivity index (χ0n) is 12.0. The van der Waals surface area contributed by atoms with Crippen LogP contribution in [0.4, 0.5) is 0 Å². The van der Waals surface area contributed by atoms with E-state index in [2.05, 4.69) is 52.5 Å². The first-order valence-electron chi connectivity index (χ1n) is 7.31. The summed E-state index contributed by atoms with van der Waals surface area (Å²) in [6.07, 6.45) is 3.10. The molecule has 0 aliphatic rings. The first kappa shape index (κ1) is 13.9. The highest BCUT2D eigenvalue weighted by atomic mass is 16.3. The zero-order chi connectivity index (χ0) is 14.5. The van der Waals surface area contributed by atoms with Crippen molar-refractivity contribution in [3.8, 4) is 0 Å². The van der Waals surface area contributed by atoms with E-state index in [1.807, 2.05) is 18.2 Å². The van der Waals surface area contributed by atoms with E-state index in [1.165, 1.54) is 5.56 Å². The molecule has 0 radical (unpaired) electrons. The maximum absolute atomic E-state index is 9.36. The molecule has 2 aromatic carbocycles. The highest BCUT2D eigenvalue weighted by Crippen LogP contribution is 2.19. The molecule has 0 atom stereocenters. The summed E-state index contributed by atoms with van der Waals surface area (Å²) in [5.74, 6) is 0. The van der Waals surface area contributed by atoms with Crippen molar-refractivity contribution in [1.82, 2.24) is 9.88 Å². The molecule has 0 bridgehead atoms. The first-order chi connectivity index (χ1) is 10.4. The summed E-state index contributed by atoms with van der Waals surface area (Å²) in [7, 11) is 0. The Kier molecular flexibility index (Phi) is 4.34. The molecule has 0 saturated heterocycles. The van der Waals surface area contributed by atoms with E-state index in [0.717, 1.165) is 36.1 Å². The lowest BCUT2D eigenvalue weighted by Gasteiger charge is -2.08. The van der Waals surface area contributed by atoms with Gasteiger partial charge in [-0.3, -0.25) is 5.32 Å². The van der Waals surface area contributed by atoms with E-state index in [9.17, 15) is 5.11 Å². The molecular weight excluding hydrogens is 260 g/mol. The van der Waals surface area contributed by atoms with Gasteiger partial charge >= 0.3 is 0 Å². The minimum atomic E-state index is 0.0861. The molecule has 0 amide bonds. The van der Waals surface area contributed by atoms with Gasteiger partial charge in [0, 0.05) is 23.6 Å². The van der Waals surface area contributed by atoms with Crippen LogP contribution >= 0.6 is 0 Å². The molecular formula is C18H20N2O. The number of aromatic nitrogens is 1. The Morgan fingerprint density at radius 2 is 1.81 bits per heavy atom. The number of hydrogen-bond acceptors (Lipinski definition) is 2. The van der Waals surface area contributed by atoms with Crippen LogP contribution in [0.15, 0.2) is 60.8 Å². The van der Waals surface area contributed by atoms with Crippen LogP contribution in [0.3, 0.4) is 0 Å². The lowest BCUT2D eigenvalue weighted by atomic mass is 10.1. The van der Waals surface area contributed by atoms with Crippen molar-refractivity contribution >= 4 is 10.9 Å². The largest absolute Gasteiger partial charge is 0.392 e. The monoisotopic (exact) mass is 280 g/mol. The zero-order valence-corrected chi connectivity index (χ0v) is 12.0. The predicted octanol–water partition coefficient (Wildman–Crippen LogP) is 2.92. The third-order valence-corrected chi connectivity index (χ3v) is 3.79. The summed E-state index contributed by atoms with van der Waals surface area (Å²) in [4.78, 5) is 0. The highest BCUT2D eigenvalue weighted by molar-refractivity contribution is 5.83. The van der Waals surface area contributed by atoms with Crippen LogP contribution in [0.5, 0.6) is 0 Å². The van der Waals surface area contributed by atoms with Gasteiger partial charge in [0.15, 0.2) is 0 Å². The van der Waals surface area contributed by atoms with Crippen LogP contribution in [0.25, 0.3) is 10.9 Å². The Labute approximate surface area is 124 Å². The third-order valence-electron chi connectivity index (χ3n) is 3.79. The molecule has 1 heterocycles. The number of aliphatic hydroxyl groups is 1. The minimum absolute atomic E-state index is 0.0861. The Morgan fingerprint density at radius 1 is 0.952 bits per heavy atom. The fourth-order valence-electron chi connectivity index (χ4n) is 2.64.